The Morgan fingerprint density at radius 2 is 2.18 bits per heavy atom. The molecule has 2 rings (SSSR count). The summed E-state index contributed by atoms with van der Waals surface area (Å²) in [6, 6.07) is 8.90. The first kappa shape index (κ1) is 12.1. The van der Waals surface area contributed by atoms with Gasteiger partial charge in [-0.2, -0.15) is 0 Å². The van der Waals surface area contributed by atoms with Gasteiger partial charge in [0.1, 0.15) is 6.04 Å². The second kappa shape index (κ2) is 5.29. The minimum absolute atomic E-state index is 0.0178. The van der Waals surface area contributed by atoms with Crippen molar-refractivity contribution in [2.24, 2.45) is 5.73 Å². The predicted octanol–water partition coefficient (Wildman–Crippen LogP) is 0.934. The lowest BCUT2D eigenvalue weighted by atomic mass is 10.1. The van der Waals surface area contributed by atoms with Gasteiger partial charge in [0, 0.05) is 20.2 Å². The average molecular weight is 234 g/mol. The summed E-state index contributed by atoms with van der Waals surface area (Å²) in [5, 5.41) is 0. The molecule has 0 spiro atoms. The third kappa shape index (κ3) is 2.65. The van der Waals surface area contributed by atoms with E-state index in [-0.39, 0.29) is 12.0 Å². The van der Waals surface area contributed by atoms with Crippen molar-refractivity contribution >= 4 is 5.91 Å². The monoisotopic (exact) mass is 234 g/mol. The maximum absolute atomic E-state index is 12.2. The second-order valence-electron chi connectivity index (χ2n) is 4.32. The minimum Gasteiger partial charge on any atom is -0.380 e. The average Bonchev–Trinajstić information content (AvgIpc) is 2.87. The molecule has 1 fully saturated rings. The summed E-state index contributed by atoms with van der Waals surface area (Å²) in [7, 11) is 1.68. The van der Waals surface area contributed by atoms with E-state index in [1.54, 1.807) is 12.0 Å². The van der Waals surface area contributed by atoms with Crippen molar-refractivity contribution in [3.8, 4) is 0 Å². The van der Waals surface area contributed by atoms with E-state index in [0.29, 0.717) is 6.54 Å². The fourth-order valence-electron chi connectivity index (χ4n) is 2.12. The van der Waals surface area contributed by atoms with Crippen LogP contribution in [0, 0.1) is 0 Å². The van der Waals surface area contributed by atoms with Crippen molar-refractivity contribution in [3.05, 3.63) is 35.9 Å². The molecule has 2 N–H and O–H groups in total. The summed E-state index contributed by atoms with van der Waals surface area (Å²) in [5.41, 5.74) is 6.83. The van der Waals surface area contributed by atoms with Crippen molar-refractivity contribution in [2.45, 2.75) is 18.6 Å². The van der Waals surface area contributed by atoms with Crippen LogP contribution < -0.4 is 5.73 Å². The van der Waals surface area contributed by atoms with Gasteiger partial charge in [-0.1, -0.05) is 30.3 Å². The zero-order chi connectivity index (χ0) is 12.3. The standard InChI is InChI=1S/C13H18N2O2/c1-17-11-7-8-15(9-11)13(16)12(14)10-5-3-2-4-6-10/h2-6,11-12H,7-9,14H2,1H3/t11?,12-/m0/s1. The van der Waals surface area contributed by atoms with Crippen LogP contribution in [0.4, 0.5) is 0 Å². The Bertz CT molecular complexity index is 380. The Labute approximate surface area is 101 Å². The van der Waals surface area contributed by atoms with Crippen LogP contribution in [0.1, 0.15) is 18.0 Å². The zero-order valence-corrected chi connectivity index (χ0v) is 10.0. The molecule has 1 aromatic carbocycles. The Morgan fingerprint density at radius 1 is 1.47 bits per heavy atom. The molecule has 0 aromatic heterocycles. The topological polar surface area (TPSA) is 55.6 Å². The van der Waals surface area contributed by atoms with Gasteiger partial charge in [-0.25, -0.2) is 0 Å². The Hall–Kier alpha value is -1.39. The van der Waals surface area contributed by atoms with Crippen LogP contribution in [0.2, 0.25) is 0 Å². The first-order valence-electron chi connectivity index (χ1n) is 5.84. The molecule has 4 nitrogen and oxygen atoms in total. The number of amides is 1. The third-order valence-corrected chi connectivity index (χ3v) is 3.21. The summed E-state index contributed by atoms with van der Waals surface area (Å²) < 4.78 is 5.24. The van der Waals surface area contributed by atoms with Crippen LogP contribution in [0.5, 0.6) is 0 Å². The number of hydrogen-bond donors (Lipinski definition) is 1. The quantitative estimate of drug-likeness (QED) is 0.846. The number of carbonyl (C=O) groups excluding carboxylic acids is 1. The number of ether oxygens (including phenoxy) is 1. The van der Waals surface area contributed by atoms with Crippen molar-refractivity contribution < 1.29 is 9.53 Å². The van der Waals surface area contributed by atoms with Gasteiger partial charge in [0.15, 0.2) is 0 Å². The van der Waals surface area contributed by atoms with Gasteiger partial charge in [-0.15, -0.1) is 0 Å². The summed E-state index contributed by atoms with van der Waals surface area (Å²) in [6.07, 6.45) is 1.05. The molecule has 1 unspecified atom stereocenters. The third-order valence-electron chi connectivity index (χ3n) is 3.21. The molecular formula is C13H18N2O2. The van der Waals surface area contributed by atoms with Gasteiger partial charge in [0.25, 0.3) is 0 Å². The van der Waals surface area contributed by atoms with E-state index in [0.717, 1.165) is 18.5 Å². The SMILES string of the molecule is COC1CCN(C(=O)[C@@H](N)c2ccccc2)C1. The molecule has 1 aliphatic rings. The normalized spacial score (nSPS) is 21.5. The maximum Gasteiger partial charge on any atom is 0.244 e. The largest absolute Gasteiger partial charge is 0.380 e. The first-order chi connectivity index (χ1) is 8.22. The smallest absolute Gasteiger partial charge is 0.244 e. The number of hydrogen-bond acceptors (Lipinski definition) is 3. The van der Waals surface area contributed by atoms with E-state index < -0.39 is 6.04 Å². The fourth-order valence-corrected chi connectivity index (χ4v) is 2.12. The number of benzene rings is 1. The number of methoxy groups -OCH3 is 1. The molecule has 0 saturated carbocycles. The molecule has 1 saturated heterocycles. The van der Waals surface area contributed by atoms with Gasteiger partial charge >= 0.3 is 0 Å². The lowest BCUT2D eigenvalue weighted by Crippen LogP contribution is -2.37. The van der Waals surface area contributed by atoms with Gasteiger partial charge in [-0.05, 0) is 12.0 Å². The zero-order valence-electron chi connectivity index (χ0n) is 10.0. The van der Waals surface area contributed by atoms with Crippen LogP contribution in [0.3, 0.4) is 0 Å². The highest BCUT2D eigenvalue weighted by Crippen LogP contribution is 2.18. The molecule has 4 heteroatoms. The highest BCUT2D eigenvalue weighted by molar-refractivity contribution is 5.83. The minimum atomic E-state index is -0.563. The summed E-state index contributed by atoms with van der Waals surface area (Å²) in [5.74, 6) is -0.0178. The lowest BCUT2D eigenvalue weighted by molar-refractivity contribution is -0.132. The summed E-state index contributed by atoms with van der Waals surface area (Å²) in [4.78, 5) is 13.9. The molecule has 1 aromatic rings. The molecule has 1 heterocycles. The van der Waals surface area contributed by atoms with Crippen molar-refractivity contribution in [1.82, 2.24) is 4.90 Å². The second-order valence-corrected chi connectivity index (χ2v) is 4.32. The Kier molecular flexibility index (Phi) is 3.76. The van der Waals surface area contributed by atoms with E-state index in [1.165, 1.54) is 0 Å². The van der Waals surface area contributed by atoms with Crippen molar-refractivity contribution in [3.63, 3.8) is 0 Å². The molecular weight excluding hydrogens is 216 g/mol. The van der Waals surface area contributed by atoms with E-state index in [1.807, 2.05) is 30.3 Å². The van der Waals surface area contributed by atoms with Crippen molar-refractivity contribution in [1.29, 1.82) is 0 Å². The van der Waals surface area contributed by atoms with Crippen LogP contribution in [0.25, 0.3) is 0 Å². The number of nitrogens with zero attached hydrogens (tertiary/aromatic N) is 1. The lowest BCUT2D eigenvalue weighted by Gasteiger charge is -2.20. The predicted molar refractivity (Wildman–Crippen MR) is 65.4 cm³/mol. The number of rotatable bonds is 3. The van der Waals surface area contributed by atoms with Gasteiger partial charge < -0.3 is 15.4 Å². The number of nitrogens with two attached hydrogens (primary N) is 1. The molecule has 0 radical (unpaired) electrons. The Morgan fingerprint density at radius 3 is 2.76 bits per heavy atom. The van der Waals surface area contributed by atoms with E-state index in [9.17, 15) is 4.79 Å². The van der Waals surface area contributed by atoms with Crippen LogP contribution in [0.15, 0.2) is 30.3 Å². The number of carbonyl (C=O) groups is 1. The molecule has 92 valence electrons. The van der Waals surface area contributed by atoms with Gasteiger partial charge in [-0.3, -0.25) is 4.79 Å². The molecule has 2 atom stereocenters. The molecule has 0 bridgehead atoms. The molecule has 1 aliphatic heterocycles. The Balaban J connectivity index is 2.01. The van der Waals surface area contributed by atoms with Crippen LogP contribution in [-0.2, 0) is 9.53 Å². The molecule has 0 aliphatic carbocycles. The fraction of sp³-hybridized carbons (Fsp3) is 0.462. The summed E-state index contributed by atoms with van der Waals surface area (Å²) >= 11 is 0. The van der Waals surface area contributed by atoms with Gasteiger partial charge in [0.05, 0.1) is 6.10 Å². The molecule has 17 heavy (non-hydrogen) atoms. The van der Waals surface area contributed by atoms with E-state index in [2.05, 4.69) is 0 Å². The van der Waals surface area contributed by atoms with Crippen LogP contribution in [-0.4, -0.2) is 37.1 Å². The van der Waals surface area contributed by atoms with E-state index in [4.69, 9.17) is 10.5 Å². The highest BCUT2D eigenvalue weighted by Gasteiger charge is 2.29. The van der Waals surface area contributed by atoms with Crippen molar-refractivity contribution in [2.75, 3.05) is 20.2 Å². The van der Waals surface area contributed by atoms with Gasteiger partial charge in [0.2, 0.25) is 5.91 Å². The summed E-state index contributed by atoms with van der Waals surface area (Å²) in [6.45, 7) is 1.38. The highest BCUT2D eigenvalue weighted by atomic mass is 16.5. The molecule has 1 amide bonds. The first-order valence-corrected chi connectivity index (χ1v) is 5.84. The maximum atomic E-state index is 12.2. The van der Waals surface area contributed by atoms with E-state index >= 15 is 0 Å². The van der Waals surface area contributed by atoms with Crippen LogP contribution >= 0.6 is 0 Å². The number of likely N-dealkylation sites (tertiary alicyclic amines) is 1.